The van der Waals surface area contributed by atoms with Gasteiger partial charge in [-0.3, -0.25) is 4.79 Å². The minimum Gasteiger partial charge on any atom is -0.359 e. The highest BCUT2D eigenvalue weighted by molar-refractivity contribution is 5.76. The van der Waals surface area contributed by atoms with Crippen LogP contribution in [0, 0.1) is 5.92 Å². The third-order valence-corrected chi connectivity index (χ3v) is 1.84. The third-order valence-electron chi connectivity index (χ3n) is 1.84. The minimum atomic E-state index is 0.150. The van der Waals surface area contributed by atoms with Crippen molar-refractivity contribution in [1.82, 2.24) is 5.32 Å². The Morgan fingerprint density at radius 2 is 2.60 bits per heavy atom. The lowest BCUT2D eigenvalue weighted by atomic mass is 10.1. The minimum absolute atomic E-state index is 0.150. The molecule has 2 nitrogen and oxygen atoms in total. The number of carbonyl (C=O) groups excluding carboxylic acids is 1. The molecule has 1 aliphatic rings. The van der Waals surface area contributed by atoms with Crippen LogP contribution in [0.1, 0.15) is 19.3 Å². The fourth-order valence-electron chi connectivity index (χ4n) is 1.21. The Morgan fingerprint density at radius 1 is 1.80 bits per heavy atom. The van der Waals surface area contributed by atoms with E-state index >= 15 is 0 Å². The van der Waals surface area contributed by atoms with E-state index in [9.17, 15) is 4.79 Å². The molecule has 2 heteroatoms. The van der Waals surface area contributed by atoms with Gasteiger partial charge in [-0.2, -0.15) is 0 Å². The standard InChI is InChI=1S/C8H13NO/c1-9-8(10)6-7-4-2-3-5-7/h2,4,7H,3,5-6H2,1H3,(H,9,10). The summed E-state index contributed by atoms with van der Waals surface area (Å²) >= 11 is 0. The van der Waals surface area contributed by atoms with Gasteiger partial charge in [0.15, 0.2) is 0 Å². The van der Waals surface area contributed by atoms with E-state index in [0.717, 1.165) is 12.8 Å². The van der Waals surface area contributed by atoms with E-state index in [2.05, 4.69) is 17.5 Å². The molecule has 0 fully saturated rings. The second-order valence-electron chi connectivity index (χ2n) is 2.64. The van der Waals surface area contributed by atoms with Crippen LogP contribution in [-0.4, -0.2) is 13.0 Å². The maximum absolute atomic E-state index is 10.8. The topological polar surface area (TPSA) is 29.1 Å². The van der Waals surface area contributed by atoms with Crippen LogP contribution in [0.2, 0.25) is 0 Å². The molecule has 0 aromatic carbocycles. The van der Waals surface area contributed by atoms with Gasteiger partial charge in [-0.1, -0.05) is 12.2 Å². The molecule has 0 bridgehead atoms. The maximum Gasteiger partial charge on any atom is 0.220 e. The Bertz CT molecular complexity index is 151. The van der Waals surface area contributed by atoms with Gasteiger partial charge in [-0.05, 0) is 18.8 Å². The van der Waals surface area contributed by atoms with Crippen LogP contribution in [-0.2, 0) is 4.79 Å². The van der Waals surface area contributed by atoms with Gasteiger partial charge >= 0.3 is 0 Å². The highest BCUT2D eigenvalue weighted by atomic mass is 16.1. The highest BCUT2D eigenvalue weighted by Gasteiger charge is 2.11. The zero-order valence-electron chi connectivity index (χ0n) is 6.26. The molecule has 1 rings (SSSR count). The number of nitrogens with one attached hydrogen (secondary N) is 1. The number of amides is 1. The molecule has 0 aromatic heterocycles. The predicted octanol–water partition coefficient (Wildman–Crippen LogP) is 1.09. The summed E-state index contributed by atoms with van der Waals surface area (Å²) in [6.45, 7) is 0. The van der Waals surface area contributed by atoms with Crippen molar-refractivity contribution in [3.63, 3.8) is 0 Å². The summed E-state index contributed by atoms with van der Waals surface area (Å²) in [6, 6.07) is 0. The van der Waals surface area contributed by atoms with E-state index in [1.54, 1.807) is 7.05 Å². The lowest BCUT2D eigenvalue weighted by Crippen LogP contribution is -2.19. The zero-order chi connectivity index (χ0) is 7.40. The molecule has 1 aliphatic carbocycles. The molecule has 0 saturated heterocycles. The molecule has 0 aliphatic heterocycles. The number of rotatable bonds is 2. The lowest BCUT2D eigenvalue weighted by molar-refractivity contribution is -0.121. The van der Waals surface area contributed by atoms with E-state index in [1.807, 2.05) is 0 Å². The summed E-state index contributed by atoms with van der Waals surface area (Å²) in [5.41, 5.74) is 0. The molecule has 0 heterocycles. The van der Waals surface area contributed by atoms with Crippen LogP contribution in [0.25, 0.3) is 0 Å². The van der Waals surface area contributed by atoms with Crippen molar-refractivity contribution in [3.05, 3.63) is 12.2 Å². The number of hydrogen-bond donors (Lipinski definition) is 1. The van der Waals surface area contributed by atoms with Crippen LogP contribution in [0.15, 0.2) is 12.2 Å². The Hall–Kier alpha value is -0.790. The summed E-state index contributed by atoms with van der Waals surface area (Å²) < 4.78 is 0. The van der Waals surface area contributed by atoms with E-state index in [0.29, 0.717) is 12.3 Å². The Labute approximate surface area is 61.3 Å². The maximum atomic E-state index is 10.8. The molecule has 0 saturated carbocycles. The van der Waals surface area contributed by atoms with Gasteiger partial charge in [0, 0.05) is 13.5 Å². The molecule has 10 heavy (non-hydrogen) atoms. The zero-order valence-corrected chi connectivity index (χ0v) is 6.26. The van der Waals surface area contributed by atoms with Gasteiger partial charge in [-0.15, -0.1) is 0 Å². The predicted molar refractivity (Wildman–Crippen MR) is 40.5 cm³/mol. The third kappa shape index (κ3) is 1.87. The van der Waals surface area contributed by atoms with Crippen molar-refractivity contribution in [2.75, 3.05) is 7.05 Å². The van der Waals surface area contributed by atoms with Crippen LogP contribution in [0.4, 0.5) is 0 Å². The molecule has 56 valence electrons. The van der Waals surface area contributed by atoms with Crippen LogP contribution < -0.4 is 5.32 Å². The molecule has 0 radical (unpaired) electrons. The Kier molecular flexibility index (Phi) is 2.49. The van der Waals surface area contributed by atoms with Gasteiger partial charge in [0.05, 0.1) is 0 Å². The molecule has 0 aromatic rings. The average Bonchev–Trinajstić information content (AvgIpc) is 2.40. The van der Waals surface area contributed by atoms with Gasteiger partial charge in [0.25, 0.3) is 0 Å². The second-order valence-corrected chi connectivity index (χ2v) is 2.64. The SMILES string of the molecule is CNC(=O)CC1C=CCC1. The summed E-state index contributed by atoms with van der Waals surface area (Å²) in [5.74, 6) is 0.650. The number of hydrogen-bond acceptors (Lipinski definition) is 1. The summed E-state index contributed by atoms with van der Waals surface area (Å²) in [4.78, 5) is 10.8. The normalized spacial score (nSPS) is 23.1. The van der Waals surface area contributed by atoms with Gasteiger partial charge in [0.1, 0.15) is 0 Å². The first kappa shape index (κ1) is 7.32. The van der Waals surface area contributed by atoms with Gasteiger partial charge in [0.2, 0.25) is 5.91 Å². The first-order valence-electron chi connectivity index (χ1n) is 3.70. The van der Waals surface area contributed by atoms with Crippen molar-refractivity contribution in [3.8, 4) is 0 Å². The van der Waals surface area contributed by atoms with Crippen molar-refractivity contribution >= 4 is 5.91 Å². The van der Waals surface area contributed by atoms with E-state index in [-0.39, 0.29) is 5.91 Å². The first-order valence-corrected chi connectivity index (χ1v) is 3.70. The van der Waals surface area contributed by atoms with Crippen LogP contribution in [0.3, 0.4) is 0 Å². The molecular formula is C8H13NO. The fourth-order valence-corrected chi connectivity index (χ4v) is 1.21. The van der Waals surface area contributed by atoms with E-state index in [4.69, 9.17) is 0 Å². The Balaban J connectivity index is 2.24. The molecule has 1 atom stereocenters. The van der Waals surface area contributed by atoms with Gasteiger partial charge < -0.3 is 5.32 Å². The molecule has 1 amide bonds. The highest BCUT2D eigenvalue weighted by Crippen LogP contribution is 2.19. The average molecular weight is 139 g/mol. The fraction of sp³-hybridized carbons (Fsp3) is 0.625. The van der Waals surface area contributed by atoms with Crippen molar-refractivity contribution < 1.29 is 4.79 Å². The van der Waals surface area contributed by atoms with E-state index in [1.165, 1.54) is 0 Å². The van der Waals surface area contributed by atoms with Crippen LogP contribution >= 0.6 is 0 Å². The van der Waals surface area contributed by atoms with Crippen molar-refractivity contribution in [2.45, 2.75) is 19.3 Å². The largest absolute Gasteiger partial charge is 0.359 e. The Morgan fingerprint density at radius 3 is 3.10 bits per heavy atom. The first-order chi connectivity index (χ1) is 4.83. The second kappa shape index (κ2) is 3.40. The quantitative estimate of drug-likeness (QED) is 0.570. The van der Waals surface area contributed by atoms with Crippen molar-refractivity contribution in [1.29, 1.82) is 0 Å². The summed E-state index contributed by atoms with van der Waals surface area (Å²) in [5, 5.41) is 2.62. The number of allylic oxidation sites excluding steroid dienone is 2. The molecular weight excluding hydrogens is 126 g/mol. The van der Waals surface area contributed by atoms with Gasteiger partial charge in [-0.25, -0.2) is 0 Å². The monoisotopic (exact) mass is 139 g/mol. The molecule has 1 N–H and O–H groups in total. The number of carbonyl (C=O) groups is 1. The molecule has 0 spiro atoms. The molecule has 1 unspecified atom stereocenters. The van der Waals surface area contributed by atoms with E-state index < -0.39 is 0 Å². The smallest absolute Gasteiger partial charge is 0.220 e. The summed E-state index contributed by atoms with van der Waals surface area (Å²) in [6.07, 6.45) is 7.23. The van der Waals surface area contributed by atoms with Crippen LogP contribution in [0.5, 0.6) is 0 Å². The van der Waals surface area contributed by atoms with Crippen molar-refractivity contribution in [2.24, 2.45) is 5.92 Å². The summed E-state index contributed by atoms with van der Waals surface area (Å²) in [7, 11) is 1.68. The lowest BCUT2D eigenvalue weighted by Gasteiger charge is -2.04.